The van der Waals surface area contributed by atoms with Gasteiger partial charge in [0.05, 0.1) is 10.6 Å². The van der Waals surface area contributed by atoms with Crippen LogP contribution in [0, 0.1) is 13.8 Å². The molecule has 7 heteroatoms. The van der Waals surface area contributed by atoms with Crippen molar-refractivity contribution in [1.29, 1.82) is 0 Å². The normalized spacial score (nSPS) is 11.6. The van der Waals surface area contributed by atoms with Crippen LogP contribution in [0.1, 0.15) is 17.0 Å². The Hall–Kier alpha value is -1.86. The molecule has 0 aliphatic heterocycles. The van der Waals surface area contributed by atoms with Gasteiger partial charge in [0.2, 0.25) is 10.0 Å². The van der Waals surface area contributed by atoms with Gasteiger partial charge in [-0.2, -0.15) is 0 Å². The van der Waals surface area contributed by atoms with Crippen LogP contribution in [0.5, 0.6) is 0 Å². The van der Waals surface area contributed by atoms with Crippen molar-refractivity contribution < 1.29 is 12.9 Å². The lowest BCUT2D eigenvalue weighted by atomic mass is 10.2. The van der Waals surface area contributed by atoms with Gasteiger partial charge < -0.3 is 9.84 Å². The predicted molar refractivity (Wildman–Crippen MR) is 76.0 cm³/mol. The maximum atomic E-state index is 12.2. The third-order valence-electron chi connectivity index (χ3n) is 3.07. The van der Waals surface area contributed by atoms with Gasteiger partial charge in [0.1, 0.15) is 5.76 Å². The first kappa shape index (κ1) is 14.5. The first-order valence-electron chi connectivity index (χ1n) is 6.13. The zero-order chi connectivity index (χ0) is 14.8. The molecule has 2 rings (SSSR count). The standard InChI is InChI=1S/C13H17N3O3S/c1-9-13(10(2)19-16-9)8-15-20(17,18)12-6-4-11(14-3)5-7-12/h4-7,14-15H,8H2,1-3H3. The van der Waals surface area contributed by atoms with Gasteiger partial charge in [0.25, 0.3) is 0 Å². The molecule has 2 N–H and O–H groups in total. The molecule has 0 atom stereocenters. The minimum Gasteiger partial charge on any atom is -0.388 e. The lowest BCUT2D eigenvalue weighted by Crippen LogP contribution is -2.23. The summed E-state index contributed by atoms with van der Waals surface area (Å²) >= 11 is 0. The zero-order valence-electron chi connectivity index (χ0n) is 11.6. The molecule has 0 spiro atoms. The minimum atomic E-state index is -3.54. The lowest BCUT2D eigenvalue weighted by Gasteiger charge is -2.07. The molecule has 108 valence electrons. The second-order valence-electron chi connectivity index (χ2n) is 4.40. The highest BCUT2D eigenvalue weighted by atomic mass is 32.2. The van der Waals surface area contributed by atoms with Crippen molar-refractivity contribution in [2.24, 2.45) is 0 Å². The number of aryl methyl sites for hydroxylation is 2. The van der Waals surface area contributed by atoms with Gasteiger partial charge in [0, 0.05) is 24.8 Å². The average Bonchev–Trinajstić information content (AvgIpc) is 2.76. The van der Waals surface area contributed by atoms with Crippen molar-refractivity contribution in [1.82, 2.24) is 9.88 Å². The first-order valence-corrected chi connectivity index (χ1v) is 7.61. The molecule has 0 bridgehead atoms. The third-order valence-corrected chi connectivity index (χ3v) is 4.49. The summed E-state index contributed by atoms with van der Waals surface area (Å²) in [5, 5.41) is 6.73. The Morgan fingerprint density at radius 1 is 1.20 bits per heavy atom. The number of hydrogen-bond donors (Lipinski definition) is 2. The molecular weight excluding hydrogens is 278 g/mol. The Labute approximate surface area is 118 Å². The summed E-state index contributed by atoms with van der Waals surface area (Å²) in [7, 11) is -1.77. The molecule has 6 nitrogen and oxygen atoms in total. The highest BCUT2D eigenvalue weighted by molar-refractivity contribution is 7.89. The Balaban J connectivity index is 2.15. The molecule has 1 heterocycles. The second kappa shape index (κ2) is 5.64. The number of aromatic nitrogens is 1. The molecule has 0 radical (unpaired) electrons. The van der Waals surface area contributed by atoms with Crippen LogP contribution in [0.3, 0.4) is 0 Å². The van der Waals surface area contributed by atoms with E-state index in [4.69, 9.17) is 4.52 Å². The zero-order valence-corrected chi connectivity index (χ0v) is 12.4. The summed E-state index contributed by atoms with van der Waals surface area (Å²) in [6.45, 7) is 3.70. The van der Waals surface area contributed by atoms with Crippen LogP contribution in [0.25, 0.3) is 0 Å². The summed E-state index contributed by atoms with van der Waals surface area (Å²) in [6, 6.07) is 6.54. The third kappa shape index (κ3) is 3.00. The molecule has 0 fully saturated rings. The maximum absolute atomic E-state index is 12.2. The predicted octanol–water partition coefficient (Wildman–Crippen LogP) is 1.81. The molecule has 20 heavy (non-hydrogen) atoms. The molecule has 0 amide bonds. The van der Waals surface area contributed by atoms with Gasteiger partial charge in [-0.25, -0.2) is 13.1 Å². The van der Waals surface area contributed by atoms with E-state index in [0.717, 1.165) is 11.3 Å². The van der Waals surface area contributed by atoms with Crippen molar-refractivity contribution >= 4 is 15.7 Å². The summed E-state index contributed by atoms with van der Waals surface area (Å²) in [4.78, 5) is 0.225. The molecule has 0 saturated carbocycles. The monoisotopic (exact) mass is 295 g/mol. The van der Waals surface area contributed by atoms with Crippen molar-refractivity contribution in [3.05, 3.63) is 41.3 Å². The number of nitrogens with zero attached hydrogens (tertiary/aromatic N) is 1. The van der Waals surface area contributed by atoms with Gasteiger partial charge >= 0.3 is 0 Å². The minimum absolute atomic E-state index is 0.164. The highest BCUT2D eigenvalue weighted by Crippen LogP contribution is 2.16. The van der Waals surface area contributed by atoms with E-state index in [0.29, 0.717) is 11.5 Å². The van der Waals surface area contributed by atoms with Crippen LogP contribution >= 0.6 is 0 Å². The smallest absolute Gasteiger partial charge is 0.240 e. The Morgan fingerprint density at radius 2 is 1.85 bits per heavy atom. The molecule has 0 aliphatic carbocycles. The summed E-state index contributed by atoms with van der Waals surface area (Å²) < 4.78 is 31.9. The number of anilines is 1. The number of benzene rings is 1. The van der Waals surface area contributed by atoms with E-state index in [-0.39, 0.29) is 11.4 Å². The molecule has 0 aliphatic rings. The van der Waals surface area contributed by atoms with E-state index in [9.17, 15) is 8.42 Å². The summed E-state index contributed by atoms with van der Waals surface area (Å²) in [5.41, 5.74) is 2.31. The fraction of sp³-hybridized carbons (Fsp3) is 0.308. The van der Waals surface area contributed by atoms with Gasteiger partial charge in [-0.1, -0.05) is 5.16 Å². The van der Waals surface area contributed by atoms with Crippen LogP contribution in [0.15, 0.2) is 33.7 Å². The molecule has 0 unspecified atom stereocenters. The maximum Gasteiger partial charge on any atom is 0.240 e. The molecule has 2 aromatic rings. The van der Waals surface area contributed by atoms with E-state index in [1.54, 1.807) is 45.2 Å². The van der Waals surface area contributed by atoms with E-state index < -0.39 is 10.0 Å². The van der Waals surface area contributed by atoms with Crippen LogP contribution in [-0.2, 0) is 16.6 Å². The van der Waals surface area contributed by atoms with E-state index in [2.05, 4.69) is 15.2 Å². The number of nitrogens with one attached hydrogen (secondary N) is 2. The van der Waals surface area contributed by atoms with E-state index >= 15 is 0 Å². The van der Waals surface area contributed by atoms with Gasteiger partial charge in [-0.3, -0.25) is 0 Å². The van der Waals surface area contributed by atoms with Crippen molar-refractivity contribution in [2.75, 3.05) is 12.4 Å². The van der Waals surface area contributed by atoms with Crippen LogP contribution in [0.2, 0.25) is 0 Å². The topological polar surface area (TPSA) is 84.2 Å². The molecule has 1 aromatic carbocycles. The summed E-state index contributed by atoms with van der Waals surface area (Å²) in [5.74, 6) is 0.621. The Kier molecular flexibility index (Phi) is 4.10. The second-order valence-corrected chi connectivity index (χ2v) is 6.17. The van der Waals surface area contributed by atoms with Gasteiger partial charge in [0.15, 0.2) is 0 Å². The molecule has 0 saturated heterocycles. The van der Waals surface area contributed by atoms with Crippen LogP contribution in [-0.4, -0.2) is 20.6 Å². The van der Waals surface area contributed by atoms with Crippen molar-refractivity contribution in [3.8, 4) is 0 Å². The number of rotatable bonds is 5. The van der Waals surface area contributed by atoms with Gasteiger partial charge in [-0.05, 0) is 38.1 Å². The number of sulfonamides is 1. The largest absolute Gasteiger partial charge is 0.388 e. The van der Waals surface area contributed by atoms with E-state index in [1.807, 2.05) is 0 Å². The highest BCUT2D eigenvalue weighted by Gasteiger charge is 2.16. The first-order chi connectivity index (χ1) is 9.44. The molecule has 1 aromatic heterocycles. The fourth-order valence-electron chi connectivity index (χ4n) is 1.81. The summed E-state index contributed by atoms with van der Waals surface area (Å²) in [6.07, 6.45) is 0. The van der Waals surface area contributed by atoms with Crippen LogP contribution in [0.4, 0.5) is 5.69 Å². The SMILES string of the molecule is CNc1ccc(S(=O)(=O)NCc2c(C)noc2C)cc1. The lowest BCUT2D eigenvalue weighted by molar-refractivity contribution is 0.392. The van der Waals surface area contributed by atoms with E-state index in [1.165, 1.54) is 0 Å². The van der Waals surface area contributed by atoms with Crippen LogP contribution < -0.4 is 10.0 Å². The number of hydrogen-bond acceptors (Lipinski definition) is 5. The van der Waals surface area contributed by atoms with Gasteiger partial charge in [-0.15, -0.1) is 0 Å². The Bertz CT molecular complexity index is 671. The fourth-order valence-corrected chi connectivity index (χ4v) is 2.80. The van der Waals surface area contributed by atoms with Crippen molar-refractivity contribution in [3.63, 3.8) is 0 Å². The molecular formula is C13H17N3O3S. The average molecular weight is 295 g/mol. The van der Waals surface area contributed by atoms with Crippen molar-refractivity contribution in [2.45, 2.75) is 25.3 Å². The Morgan fingerprint density at radius 3 is 2.35 bits per heavy atom. The quantitative estimate of drug-likeness (QED) is 0.879.